The van der Waals surface area contributed by atoms with Gasteiger partial charge in [-0.05, 0) is 31.5 Å². The molecule has 8 nitrogen and oxygen atoms in total. The lowest BCUT2D eigenvalue weighted by molar-refractivity contribution is -0.133. The number of hydrogen-bond donors (Lipinski definition) is 0. The van der Waals surface area contributed by atoms with E-state index < -0.39 is 0 Å². The highest BCUT2D eigenvalue weighted by Gasteiger charge is 2.20. The molecule has 2 aromatic carbocycles. The Kier molecular flexibility index (Phi) is 7.70. The summed E-state index contributed by atoms with van der Waals surface area (Å²) in [5.74, 6) is 2.30. The quantitative estimate of drug-likeness (QED) is 0.469. The van der Waals surface area contributed by atoms with Crippen molar-refractivity contribution in [2.24, 2.45) is 0 Å². The minimum atomic E-state index is 0.0383. The van der Waals surface area contributed by atoms with Crippen LogP contribution in [0.4, 0.5) is 0 Å². The standard InChI is InChI=1S/C24H29N3O5/c1-16(2)27(15-17-9-7-6-8-10-17)22(28)12-11-21-25-24(26-32-21)18-13-19(29-3)23(31-5)20(14-18)30-4/h6-10,13-14,16H,11-12,15H2,1-5H3. The normalized spacial score (nSPS) is 10.8. The van der Waals surface area contributed by atoms with Crippen molar-refractivity contribution in [3.63, 3.8) is 0 Å². The molecule has 3 rings (SSSR count). The number of aromatic nitrogens is 2. The molecule has 0 aliphatic rings. The van der Waals surface area contributed by atoms with Crippen LogP contribution >= 0.6 is 0 Å². The molecule has 0 N–H and O–H groups in total. The van der Waals surface area contributed by atoms with E-state index in [1.807, 2.05) is 49.1 Å². The molecule has 8 heteroatoms. The van der Waals surface area contributed by atoms with Crippen molar-refractivity contribution < 1.29 is 23.5 Å². The maximum atomic E-state index is 12.9. The summed E-state index contributed by atoms with van der Waals surface area (Å²) < 4.78 is 21.5. The smallest absolute Gasteiger partial charge is 0.227 e. The van der Waals surface area contributed by atoms with Gasteiger partial charge in [-0.2, -0.15) is 4.98 Å². The van der Waals surface area contributed by atoms with Crippen LogP contribution in [0.2, 0.25) is 0 Å². The molecular weight excluding hydrogens is 410 g/mol. The highest BCUT2D eigenvalue weighted by atomic mass is 16.5. The third kappa shape index (κ3) is 5.38. The van der Waals surface area contributed by atoms with E-state index in [1.165, 1.54) is 0 Å². The summed E-state index contributed by atoms with van der Waals surface area (Å²) in [6.07, 6.45) is 0.635. The Labute approximate surface area is 188 Å². The van der Waals surface area contributed by atoms with Crippen LogP contribution in [0.1, 0.15) is 31.7 Å². The molecule has 0 aliphatic heterocycles. The second-order valence-corrected chi connectivity index (χ2v) is 7.53. The van der Waals surface area contributed by atoms with E-state index in [0.29, 0.717) is 47.5 Å². The van der Waals surface area contributed by atoms with Crippen LogP contribution in [0.25, 0.3) is 11.4 Å². The molecule has 3 aromatic rings. The summed E-state index contributed by atoms with van der Waals surface area (Å²) in [6.45, 7) is 4.59. The van der Waals surface area contributed by atoms with Crippen LogP contribution in [0.5, 0.6) is 17.2 Å². The molecule has 0 unspecified atom stereocenters. The number of nitrogens with zero attached hydrogens (tertiary/aromatic N) is 3. The number of ether oxygens (including phenoxy) is 3. The lowest BCUT2D eigenvalue weighted by Gasteiger charge is -2.26. The highest BCUT2D eigenvalue weighted by Crippen LogP contribution is 2.40. The number of hydrogen-bond acceptors (Lipinski definition) is 7. The van der Waals surface area contributed by atoms with Gasteiger partial charge in [0.15, 0.2) is 11.5 Å². The first-order chi connectivity index (χ1) is 15.5. The van der Waals surface area contributed by atoms with Crippen molar-refractivity contribution in [3.05, 3.63) is 53.9 Å². The molecule has 0 saturated heterocycles. The fourth-order valence-corrected chi connectivity index (χ4v) is 3.38. The number of carbonyl (C=O) groups excluding carboxylic acids is 1. The molecule has 1 amide bonds. The molecule has 0 saturated carbocycles. The number of rotatable bonds is 10. The second kappa shape index (κ2) is 10.7. The Balaban J connectivity index is 1.70. The van der Waals surface area contributed by atoms with Gasteiger partial charge in [0, 0.05) is 31.0 Å². The van der Waals surface area contributed by atoms with Gasteiger partial charge in [0.2, 0.25) is 23.4 Å². The number of benzene rings is 2. The first-order valence-electron chi connectivity index (χ1n) is 10.4. The van der Waals surface area contributed by atoms with E-state index in [1.54, 1.807) is 33.5 Å². The number of carbonyl (C=O) groups is 1. The molecule has 1 heterocycles. The van der Waals surface area contributed by atoms with Gasteiger partial charge < -0.3 is 23.6 Å². The first kappa shape index (κ1) is 23.1. The summed E-state index contributed by atoms with van der Waals surface area (Å²) in [4.78, 5) is 19.2. The minimum absolute atomic E-state index is 0.0383. The molecule has 32 heavy (non-hydrogen) atoms. The Bertz CT molecular complexity index is 1010. The third-order valence-electron chi connectivity index (χ3n) is 5.08. The zero-order chi connectivity index (χ0) is 23.1. The highest BCUT2D eigenvalue weighted by molar-refractivity contribution is 5.76. The van der Waals surface area contributed by atoms with Crippen LogP contribution in [-0.4, -0.2) is 48.3 Å². The minimum Gasteiger partial charge on any atom is -0.493 e. The van der Waals surface area contributed by atoms with E-state index >= 15 is 0 Å². The summed E-state index contributed by atoms with van der Waals surface area (Å²) >= 11 is 0. The Morgan fingerprint density at radius 2 is 1.69 bits per heavy atom. The summed E-state index contributed by atoms with van der Waals surface area (Å²) in [6, 6.07) is 13.5. The van der Waals surface area contributed by atoms with Gasteiger partial charge in [0.05, 0.1) is 21.3 Å². The first-order valence-corrected chi connectivity index (χ1v) is 10.4. The molecule has 0 spiro atoms. The maximum absolute atomic E-state index is 12.9. The zero-order valence-electron chi connectivity index (χ0n) is 19.1. The van der Waals surface area contributed by atoms with Crippen LogP contribution in [0.15, 0.2) is 47.0 Å². The second-order valence-electron chi connectivity index (χ2n) is 7.53. The molecule has 1 aromatic heterocycles. The van der Waals surface area contributed by atoms with Crippen LogP contribution < -0.4 is 14.2 Å². The summed E-state index contributed by atoms with van der Waals surface area (Å²) in [7, 11) is 4.64. The molecule has 0 atom stereocenters. The molecule has 0 bridgehead atoms. The third-order valence-corrected chi connectivity index (χ3v) is 5.08. The van der Waals surface area contributed by atoms with Gasteiger partial charge in [-0.3, -0.25) is 4.79 Å². The van der Waals surface area contributed by atoms with E-state index in [0.717, 1.165) is 5.56 Å². The Morgan fingerprint density at radius 3 is 2.25 bits per heavy atom. The lowest BCUT2D eigenvalue weighted by Crippen LogP contribution is -2.36. The largest absolute Gasteiger partial charge is 0.493 e. The fourth-order valence-electron chi connectivity index (χ4n) is 3.38. The van der Waals surface area contributed by atoms with E-state index in [2.05, 4.69) is 10.1 Å². The average molecular weight is 440 g/mol. The average Bonchev–Trinajstić information content (AvgIpc) is 3.29. The van der Waals surface area contributed by atoms with Crippen molar-refractivity contribution in [2.75, 3.05) is 21.3 Å². The van der Waals surface area contributed by atoms with Crippen molar-refractivity contribution in [3.8, 4) is 28.6 Å². The Hall–Kier alpha value is -3.55. The molecule has 0 aliphatic carbocycles. The van der Waals surface area contributed by atoms with Crippen molar-refractivity contribution >= 4 is 5.91 Å². The predicted molar refractivity (Wildman–Crippen MR) is 120 cm³/mol. The van der Waals surface area contributed by atoms with Crippen LogP contribution in [0.3, 0.4) is 0 Å². The number of methoxy groups -OCH3 is 3. The lowest BCUT2D eigenvalue weighted by atomic mass is 10.1. The molecule has 0 radical (unpaired) electrons. The summed E-state index contributed by atoms with van der Waals surface area (Å²) in [5, 5.41) is 4.06. The van der Waals surface area contributed by atoms with Gasteiger partial charge in [-0.1, -0.05) is 35.5 Å². The number of aryl methyl sites for hydroxylation is 1. The maximum Gasteiger partial charge on any atom is 0.227 e. The van der Waals surface area contributed by atoms with Gasteiger partial charge in [0.25, 0.3) is 0 Å². The molecule has 170 valence electrons. The van der Waals surface area contributed by atoms with Gasteiger partial charge >= 0.3 is 0 Å². The SMILES string of the molecule is COc1cc(-c2noc(CCC(=O)N(Cc3ccccc3)C(C)C)n2)cc(OC)c1OC. The van der Waals surface area contributed by atoms with E-state index in [4.69, 9.17) is 18.7 Å². The topological polar surface area (TPSA) is 86.9 Å². The number of amides is 1. The van der Waals surface area contributed by atoms with Crippen LogP contribution in [0, 0.1) is 0 Å². The monoisotopic (exact) mass is 439 g/mol. The fraction of sp³-hybridized carbons (Fsp3) is 0.375. The summed E-state index contributed by atoms with van der Waals surface area (Å²) in [5.41, 5.74) is 1.76. The van der Waals surface area contributed by atoms with Crippen molar-refractivity contribution in [2.45, 2.75) is 39.3 Å². The van der Waals surface area contributed by atoms with E-state index in [-0.39, 0.29) is 18.4 Å². The van der Waals surface area contributed by atoms with Gasteiger partial charge in [-0.15, -0.1) is 0 Å². The molecule has 0 fully saturated rings. The zero-order valence-corrected chi connectivity index (χ0v) is 19.1. The van der Waals surface area contributed by atoms with Gasteiger partial charge in [-0.25, -0.2) is 0 Å². The molecular formula is C24H29N3O5. The van der Waals surface area contributed by atoms with Gasteiger partial charge in [0.1, 0.15) is 0 Å². The van der Waals surface area contributed by atoms with Crippen LogP contribution in [-0.2, 0) is 17.8 Å². The van der Waals surface area contributed by atoms with Crippen molar-refractivity contribution in [1.29, 1.82) is 0 Å². The predicted octanol–water partition coefficient (Wildman–Crippen LogP) is 4.13. The van der Waals surface area contributed by atoms with E-state index in [9.17, 15) is 4.79 Å². The van der Waals surface area contributed by atoms with Crippen molar-refractivity contribution in [1.82, 2.24) is 15.0 Å². The Morgan fingerprint density at radius 1 is 1.03 bits per heavy atom.